The zero-order valence-electron chi connectivity index (χ0n) is 34.1. The molecule has 8 heteroatoms. The minimum Gasteiger partial charge on any atom is -0.481 e. The first-order chi connectivity index (χ1) is 23.5. The van der Waals surface area contributed by atoms with Gasteiger partial charge in [-0.2, -0.15) is 0 Å². The Labute approximate surface area is 308 Å². The summed E-state index contributed by atoms with van der Waals surface area (Å²) < 4.78 is 6.17. The highest BCUT2D eigenvalue weighted by Gasteiger charge is 2.70. The first-order valence-electron chi connectivity index (χ1n) is 20.2. The molecule has 2 unspecified atom stereocenters. The number of ether oxygens (including phenoxy) is 1. The third-order valence-electron chi connectivity index (χ3n) is 16.1. The normalized spacial score (nSPS) is 37.4. The van der Waals surface area contributed by atoms with E-state index in [0.717, 1.165) is 63.4 Å². The van der Waals surface area contributed by atoms with Gasteiger partial charge in [-0.05, 0) is 138 Å². The maximum absolute atomic E-state index is 14.1. The molecule has 4 fully saturated rings. The molecule has 0 aromatic carbocycles. The number of amides is 1. The molecule has 5 aliphatic carbocycles. The van der Waals surface area contributed by atoms with E-state index in [1.54, 1.807) is 13.8 Å². The Kier molecular flexibility index (Phi) is 10.6. The Morgan fingerprint density at radius 2 is 1.59 bits per heavy atom. The van der Waals surface area contributed by atoms with Crippen LogP contribution in [0, 0.1) is 56.2 Å². The van der Waals surface area contributed by atoms with Crippen molar-refractivity contribution in [1.29, 1.82) is 0 Å². The Hall–Kier alpha value is -2.22. The third kappa shape index (κ3) is 6.33. The van der Waals surface area contributed by atoms with Gasteiger partial charge in [-0.1, -0.05) is 54.0 Å². The highest BCUT2D eigenvalue weighted by molar-refractivity contribution is 6.00. The maximum Gasteiger partial charge on any atom is 0.309 e. The lowest BCUT2D eigenvalue weighted by molar-refractivity contribution is -0.233. The van der Waals surface area contributed by atoms with Gasteiger partial charge in [-0.3, -0.25) is 19.2 Å². The van der Waals surface area contributed by atoms with Gasteiger partial charge < -0.3 is 20.1 Å². The number of Topliss-reactive ketones (excluding diaryl/α,β-unsaturated/α-hetero) is 1. The molecule has 5 rings (SSSR count). The molecule has 0 aliphatic heterocycles. The van der Waals surface area contributed by atoms with Gasteiger partial charge in [0.25, 0.3) is 0 Å². The second kappa shape index (κ2) is 13.6. The van der Waals surface area contributed by atoms with E-state index in [-0.39, 0.29) is 57.5 Å². The van der Waals surface area contributed by atoms with E-state index >= 15 is 0 Å². The number of carbonyl (C=O) groups excluding carboxylic acids is 3. The van der Waals surface area contributed by atoms with Gasteiger partial charge in [-0.25, -0.2) is 0 Å². The number of carboxylic acids is 1. The first kappa shape index (κ1) is 40.0. The average molecular weight is 711 g/mol. The molecular weight excluding hydrogens is 640 g/mol. The number of ketones is 1. The van der Waals surface area contributed by atoms with Crippen molar-refractivity contribution >= 4 is 23.6 Å². The first-order valence-corrected chi connectivity index (χ1v) is 20.2. The summed E-state index contributed by atoms with van der Waals surface area (Å²) in [6.07, 6.45) is 9.40. The molecule has 0 spiro atoms. The van der Waals surface area contributed by atoms with Crippen LogP contribution in [0.1, 0.15) is 147 Å². The number of hydrogen-bond donors (Lipinski definition) is 2. The molecule has 1 amide bonds. The Morgan fingerprint density at radius 1 is 0.922 bits per heavy atom. The van der Waals surface area contributed by atoms with Crippen LogP contribution >= 0.6 is 0 Å². The smallest absolute Gasteiger partial charge is 0.309 e. The van der Waals surface area contributed by atoms with Crippen molar-refractivity contribution < 1.29 is 29.0 Å². The molecule has 8 atom stereocenters. The number of hydrogen-bond acceptors (Lipinski definition) is 6. The lowest BCUT2D eigenvalue weighted by Crippen LogP contribution is -2.65. The van der Waals surface area contributed by atoms with E-state index in [9.17, 15) is 24.3 Å². The summed E-state index contributed by atoms with van der Waals surface area (Å²) >= 11 is 0. The average Bonchev–Trinajstić information content (AvgIpc) is 3.31. The summed E-state index contributed by atoms with van der Waals surface area (Å²) in [6.45, 7) is 25.0. The molecule has 0 bridgehead atoms. The van der Waals surface area contributed by atoms with Gasteiger partial charge >= 0.3 is 11.9 Å². The summed E-state index contributed by atoms with van der Waals surface area (Å²) in [5, 5.41) is 12.6. The number of carbonyl (C=O) groups is 4. The van der Waals surface area contributed by atoms with Crippen LogP contribution in [0.3, 0.4) is 0 Å². The Morgan fingerprint density at radius 3 is 2.18 bits per heavy atom. The molecule has 0 radical (unpaired) electrons. The maximum atomic E-state index is 14.1. The van der Waals surface area contributed by atoms with Crippen LogP contribution in [0.2, 0.25) is 0 Å². The third-order valence-corrected chi connectivity index (χ3v) is 16.1. The summed E-state index contributed by atoms with van der Waals surface area (Å²) in [6, 6.07) is 0.106. The summed E-state index contributed by atoms with van der Waals surface area (Å²) in [5.41, 5.74) is 1.26. The highest BCUT2D eigenvalue weighted by atomic mass is 16.5. The number of fused-ring (bicyclic) bond motifs is 7. The molecule has 0 heterocycles. The van der Waals surface area contributed by atoms with Gasteiger partial charge in [0.05, 0.1) is 18.4 Å². The molecule has 2 N–H and O–H groups in total. The van der Waals surface area contributed by atoms with Gasteiger partial charge in [0.15, 0.2) is 5.78 Å². The largest absolute Gasteiger partial charge is 0.481 e. The van der Waals surface area contributed by atoms with Crippen molar-refractivity contribution in [2.45, 2.75) is 159 Å². The number of nitrogens with zero attached hydrogens (tertiary/aromatic N) is 1. The van der Waals surface area contributed by atoms with E-state index in [4.69, 9.17) is 4.74 Å². The second-order valence-corrected chi connectivity index (χ2v) is 20.1. The molecular formula is C43H70N2O6. The van der Waals surface area contributed by atoms with Gasteiger partial charge in [0, 0.05) is 29.8 Å². The van der Waals surface area contributed by atoms with Gasteiger partial charge in [0.2, 0.25) is 5.91 Å². The number of rotatable bonds is 11. The number of carboxylic acid groups (broad SMARTS) is 1. The predicted octanol–water partition coefficient (Wildman–Crippen LogP) is 8.23. The summed E-state index contributed by atoms with van der Waals surface area (Å²) in [7, 11) is 1.82. The van der Waals surface area contributed by atoms with Crippen molar-refractivity contribution in [2.75, 3.05) is 20.1 Å². The van der Waals surface area contributed by atoms with Crippen molar-refractivity contribution in [3.63, 3.8) is 0 Å². The van der Waals surface area contributed by atoms with Gasteiger partial charge in [-0.15, -0.1) is 0 Å². The zero-order chi connectivity index (χ0) is 38.1. The number of aliphatic carboxylic acids is 1. The molecule has 4 saturated carbocycles. The van der Waals surface area contributed by atoms with Crippen molar-refractivity contribution in [3.8, 4) is 0 Å². The number of allylic oxidation sites excluding steroid dienone is 2. The van der Waals surface area contributed by atoms with Crippen molar-refractivity contribution in [1.82, 2.24) is 10.2 Å². The molecule has 5 aliphatic rings. The topological polar surface area (TPSA) is 113 Å². The van der Waals surface area contributed by atoms with Crippen LogP contribution in [0.25, 0.3) is 0 Å². The Balaban J connectivity index is 1.44. The van der Waals surface area contributed by atoms with Crippen molar-refractivity contribution in [2.24, 2.45) is 56.2 Å². The minimum absolute atomic E-state index is 0.0586. The van der Waals surface area contributed by atoms with Crippen LogP contribution in [0.4, 0.5) is 0 Å². The minimum atomic E-state index is -1.16. The van der Waals surface area contributed by atoms with Gasteiger partial charge in [0.1, 0.15) is 6.10 Å². The molecule has 0 saturated heterocycles. The van der Waals surface area contributed by atoms with Crippen LogP contribution < -0.4 is 5.32 Å². The lowest BCUT2D eigenvalue weighted by Gasteiger charge is -2.72. The van der Waals surface area contributed by atoms with Crippen LogP contribution in [-0.2, 0) is 23.9 Å². The van der Waals surface area contributed by atoms with Crippen LogP contribution in [0.15, 0.2) is 11.1 Å². The quantitative estimate of drug-likeness (QED) is 0.208. The van der Waals surface area contributed by atoms with E-state index < -0.39 is 17.4 Å². The Bertz CT molecular complexity index is 1450. The fourth-order valence-electron chi connectivity index (χ4n) is 13.1. The van der Waals surface area contributed by atoms with E-state index in [0.29, 0.717) is 43.0 Å². The van der Waals surface area contributed by atoms with Crippen LogP contribution in [-0.4, -0.2) is 65.9 Å². The standard InChI is InChI=1S/C43H70N2O6/c1-26(2)35-29(46)23-43(21-22-45(27(3)4)33(47)25-44-12)20-19-41(10)28(36(35)43)13-14-31-40(9)17-16-32(51-34(48)24-38(5,6)37(49)50)39(7,8)30(40)15-18-42(31,41)11/h26-28,30-32,44H,13-25H2,1-12H3,(H,49,50)/t28-,30?,31?,32+,40+,41-,42-,43-/m1/s1. The van der Waals surface area contributed by atoms with Crippen molar-refractivity contribution in [3.05, 3.63) is 11.1 Å². The monoisotopic (exact) mass is 711 g/mol. The van der Waals surface area contributed by atoms with E-state index in [1.165, 1.54) is 5.57 Å². The molecule has 0 aromatic rings. The molecule has 51 heavy (non-hydrogen) atoms. The molecule has 8 nitrogen and oxygen atoms in total. The highest BCUT2D eigenvalue weighted by Crippen LogP contribution is 2.77. The molecule has 288 valence electrons. The van der Waals surface area contributed by atoms with E-state index in [1.807, 2.05) is 11.9 Å². The van der Waals surface area contributed by atoms with E-state index in [2.05, 4.69) is 67.6 Å². The number of likely N-dealkylation sites (N-methyl/N-ethyl adjacent to an activating group) is 1. The fraction of sp³-hybridized carbons (Fsp3) is 0.860. The number of nitrogens with one attached hydrogen (secondary N) is 1. The predicted molar refractivity (Wildman–Crippen MR) is 201 cm³/mol. The SMILES string of the molecule is CNCC(=O)N(CC[C@@]12CC[C@]3(C)[C@H](CCC4[C@@]5(C)CC[C@H](OC(=O)CC(C)(C)C(=O)O)C(C)(C)C5CC[C@]43C)C1=C(C(C)C)C(=O)C2)C(C)C. The lowest BCUT2D eigenvalue weighted by atomic mass is 9.33. The second-order valence-electron chi connectivity index (χ2n) is 20.1. The molecule has 0 aromatic heterocycles. The summed E-state index contributed by atoms with van der Waals surface area (Å²) in [4.78, 5) is 54.0. The fourth-order valence-corrected chi connectivity index (χ4v) is 13.1. The number of esters is 1. The summed E-state index contributed by atoms with van der Waals surface area (Å²) in [5.74, 6) is 0.523. The zero-order valence-corrected chi connectivity index (χ0v) is 34.1. The van der Waals surface area contributed by atoms with Crippen LogP contribution in [0.5, 0.6) is 0 Å².